The molecule has 0 fully saturated rings. The molecule has 0 saturated heterocycles. The highest BCUT2D eigenvalue weighted by Gasteiger charge is 2.14. The van der Waals surface area contributed by atoms with Crippen molar-refractivity contribution in [1.82, 2.24) is 4.57 Å². The topological polar surface area (TPSA) is 42.2 Å². The van der Waals surface area contributed by atoms with E-state index >= 15 is 0 Å². The van der Waals surface area contributed by atoms with Gasteiger partial charge in [0.05, 0.1) is 11.1 Å². The first-order valence-corrected chi connectivity index (χ1v) is 5.36. The van der Waals surface area contributed by atoms with E-state index in [4.69, 9.17) is 0 Å². The molecule has 84 valence electrons. The summed E-state index contributed by atoms with van der Waals surface area (Å²) in [6, 6.07) is 3.85. The highest BCUT2D eigenvalue weighted by molar-refractivity contribution is 6.03. The van der Waals surface area contributed by atoms with Gasteiger partial charge >= 0.3 is 5.97 Å². The number of hydrogen-bond acceptors (Lipinski definition) is 1. The predicted molar refractivity (Wildman–Crippen MR) is 64.0 cm³/mol. The van der Waals surface area contributed by atoms with Crippen molar-refractivity contribution in [3.8, 4) is 0 Å². The highest BCUT2D eigenvalue weighted by Crippen LogP contribution is 2.25. The standard InChI is InChI=1S/C13H15NO2/c1-4-9-5-10-8(2)7-14(3)12(10)11(6-9)13(15)16/h5-7H,4H2,1-3H3,(H,15,16). The van der Waals surface area contributed by atoms with Crippen LogP contribution in [0.2, 0.25) is 0 Å². The van der Waals surface area contributed by atoms with Crippen molar-refractivity contribution in [2.45, 2.75) is 20.3 Å². The Bertz CT molecular complexity index is 567. The zero-order chi connectivity index (χ0) is 11.9. The lowest BCUT2D eigenvalue weighted by atomic mass is 10.0. The molecule has 0 radical (unpaired) electrons. The van der Waals surface area contributed by atoms with Crippen LogP contribution in [0.15, 0.2) is 18.3 Å². The second-order valence-corrected chi connectivity index (χ2v) is 4.12. The molecule has 0 bridgehead atoms. The molecule has 1 heterocycles. The van der Waals surface area contributed by atoms with Gasteiger partial charge in [-0.2, -0.15) is 0 Å². The van der Waals surface area contributed by atoms with Crippen LogP contribution < -0.4 is 0 Å². The van der Waals surface area contributed by atoms with Crippen molar-refractivity contribution in [3.05, 3.63) is 35.0 Å². The third-order valence-corrected chi connectivity index (χ3v) is 2.97. The van der Waals surface area contributed by atoms with Crippen LogP contribution in [-0.2, 0) is 13.5 Å². The zero-order valence-electron chi connectivity index (χ0n) is 9.74. The number of rotatable bonds is 2. The molecule has 0 amide bonds. The van der Waals surface area contributed by atoms with Gasteiger partial charge in [-0.05, 0) is 36.6 Å². The third-order valence-electron chi connectivity index (χ3n) is 2.97. The Morgan fingerprint density at radius 1 is 1.44 bits per heavy atom. The SMILES string of the molecule is CCc1cc(C(=O)O)c2c(c1)c(C)cn2C. The summed E-state index contributed by atoms with van der Waals surface area (Å²) < 4.78 is 1.88. The lowest BCUT2D eigenvalue weighted by Crippen LogP contribution is -2.01. The normalized spacial score (nSPS) is 10.9. The summed E-state index contributed by atoms with van der Waals surface area (Å²) >= 11 is 0. The van der Waals surface area contributed by atoms with Crippen LogP contribution in [0.1, 0.15) is 28.4 Å². The molecule has 1 aromatic heterocycles. The maximum absolute atomic E-state index is 11.2. The molecule has 3 heteroatoms. The van der Waals surface area contributed by atoms with Crippen LogP contribution in [0.5, 0.6) is 0 Å². The summed E-state index contributed by atoms with van der Waals surface area (Å²) in [5.74, 6) is -0.860. The van der Waals surface area contributed by atoms with E-state index in [9.17, 15) is 9.90 Å². The van der Waals surface area contributed by atoms with Crippen molar-refractivity contribution in [3.63, 3.8) is 0 Å². The van der Waals surface area contributed by atoms with Crippen molar-refractivity contribution in [1.29, 1.82) is 0 Å². The van der Waals surface area contributed by atoms with Gasteiger partial charge in [-0.25, -0.2) is 4.79 Å². The Labute approximate surface area is 94.3 Å². The monoisotopic (exact) mass is 217 g/mol. The minimum Gasteiger partial charge on any atom is -0.478 e. The van der Waals surface area contributed by atoms with E-state index < -0.39 is 5.97 Å². The van der Waals surface area contributed by atoms with E-state index in [0.29, 0.717) is 5.56 Å². The van der Waals surface area contributed by atoms with Gasteiger partial charge in [0, 0.05) is 18.6 Å². The lowest BCUT2D eigenvalue weighted by molar-refractivity contribution is 0.0698. The molecule has 2 aromatic rings. The number of aromatic carboxylic acids is 1. The largest absolute Gasteiger partial charge is 0.478 e. The summed E-state index contributed by atoms with van der Waals surface area (Å²) in [4.78, 5) is 11.2. The molecular formula is C13H15NO2. The van der Waals surface area contributed by atoms with Crippen molar-refractivity contribution < 1.29 is 9.90 Å². The fourth-order valence-corrected chi connectivity index (χ4v) is 2.17. The number of aromatic nitrogens is 1. The molecule has 0 atom stereocenters. The minimum atomic E-state index is -0.860. The molecule has 0 unspecified atom stereocenters. The van der Waals surface area contributed by atoms with Gasteiger partial charge in [0.1, 0.15) is 0 Å². The van der Waals surface area contributed by atoms with Crippen LogP contribution in [-0.4, -0.2) is 15.6 Å². The van der Waals surface area contributed by atoms with Crippen molar-refractivity contribution in [2.75, 3.05) is 0 Å². The van der Waals surface area contributed by atoms with Gasteiger partial charge in [0.25, 0.3) is 0 Å². The lowest BCUT2D eigenvalue weighted by Gasteiger charge is -2.05. The molecule has 0 saturated carbocycles. The fraction of sp³-hybridized carbons (Fsp3) is 0.308. The average molecular weight is 217 g/mol. The molecule has 0 spiro atoms. The zero-order valence-corrected chi connectivity index (χ0v) is 9.74. The molecule has 2 rings (SSSR count). The summed E-state index contributed by atoms with van der Waals surface area (Å²) in [5, 5.41) is 10.3. The van der Waals surface area contributed by atoms with Gasteiger partial charge in [0.15, 0.2) is 0 Å². The minimum absolute atomic E-state index is 0.393. The molecule has 1 N–H and O–H groups in total. The van der Waals surface area contributed by atoms with Gasteiger partial charge in [-0.15, -0.1) is 0 Å². The number of nitrogens with zero attached hydrogens (tertiary/aromatic N) is 1. The second-order valence-electron chi connectivity index (χ2n) is 4.12. The number of hydrogen-bond donors (Lipinski definition) is 1. The highest BCUT2D eigenvalue weighted by atomic mass is 16.4. The van der Waals surface area contributed by atoms with Crippen LogP contribution in [0, 0.1) is 6.92 Å². The molecule has 1 aromatic carbocycles. The first kappa shape index (κ1) is 10.7. The smallest absolute Gasteiger partial charge is 0.337 e. The molecule has 16 heavy (non-hydrogen) atoms. The van der Waals surface area contributed by atoms with Crippen LogP contribution in [0.4, 0.5) is 0 Å². The fourth-order valence-electron chi connectivity index (χ4n) is 2.17. The number of carboxylic acids is 1. The van der Waals surface area contributed by atoms with Gasteiger partial charge in [-0.1, -0.05) is 6.92 Å². The Hall–Kier alpha value is -1.77. The summed E-state index contributed by atoms with van der Waals surface area (Å²) in [5.41, 5.74) is 3.39. The van der Waals surface area contributed by atoms with Crippen molar-refractivity contribution in [2.24, 2.45) is 7.05 Å². The van der Waals surface area contributed by atoms with E-state index in [1.807, 2.05) is 31.7 Å². The Balaban J connectivity index is 2.90. The Morgan fingerprint density at radius 2 is 2.12 bits per heavy atom. The van der Waals surface area contributed by atoms with Gasteiger partial charge in [-0.3, -0.25) is 0 Å². The molecule has 0 aliphatic heterocycles. The first-order chi connectivity index (χ1) is 7.54. The van der Waals surface area contributed by atoms with Crippen LogP contribution in [0.25, 0.3) is 10.9 Å². The number of benzene rings is 1. The van der Waals surface area contributed by atoms with E-state index in [1.165, 1.54) is 0 Å². The average Bonchev–Trinajstić information content (AvgIpc) is 2.53. The second kappa shape index (κ2) is 3.67. The summed E-state index contributed by atoms with van der Waals surface area (Å²) in [6.45, 7) is 4.04. The van der Waals surface area contributed by atoms with E-state index in [0.717, 1.165) is 28.5 Å². The number of fused-ring (bicyclic) bond motifs is 1. The Morgan fingerprint density at radius 3 is 2.69 bits per heavy atom. The summed E-state index contributed by atoms with van der Waals surface area (Å²) in [7, 11) is 1.88. The number of aryl methyl sites for hydroxylation is 3. The molecule has 3 nitrogen and oxygen atoms in total. The maximum atomic E-state index is 11.2. The van der Waals surface area contributed by atoms with E-state index in [-0.39, 0.29) is 0 Å². The number of carbonyl (C=O) groups is 1. The molecule has 0 aliphatic rings. The molecule has 0 aliphatic carbocycles. The molecular weight excluding hydrogens is 202 g/mol. The van der Waals surface area contributed by atoms with Gasteiger partial charge in [0.2, 0.25) is 0 Å². The quantitative estimate of drug-likeness (QED) is 0.840. The maximum Gasteiger partial charge on any atom is 0.337 e. The van der Waals surface area contributed by atoms with Gasteiger partial charge < -0.3 is 9.67 Å². The number of carboxylic acid groups (broad SMARTS) is 1. The van der Waals surface area contributed by atoms with Crippen molar-refractivity contribution >= 4 is 16.9 Å². The predicted octanol–water partition coefficient (Wildman–Crippen LogP) is 2.75. The third kappa shape index (κ3) is 1.48. The first-order valence-electron chi connectivity index (χ1n) is 5.36. The Kier molecular flexibility index (Phi) is 2.46. The van der Waals surface area contributed by atoms with Crippen LogP contribution >= 0.6 is 0 Å². The summed E-state index contributed by atoms with van der Waals surface area (Å²) in [6.07, 6.45) is 2.82. The van der Waals surface area contributed by atoms with E-state index in [1.54, 1.807) is 6.07 Å². The van der Waals surface area contributed by atoms with Crippen LogP contribution in [0.3, 0.4) is 0 Å². The van der Waals surface area contributed by atoms with E-state index in [2.05, 4.69) is 6.07 Å².